The lowest BCUT2D eigenvalue weighted by Gasteiger charge is -2.28. The minimum absolute atomic E-state index is 0.128. The average molecular weight is 378 g/mol. The molecule has 0 unspecified atom stereocenters. The maximum absolute atomic E-state index is 12.1. The van der Waals surface area contributed by atoms with Crippen molar-refractivity contribution in [2.45, 2.75) is 19.3 Å². The predicted octanol–water partition coefficient (Wildman–Crippen LogP) is 5.03. The van der Waals surface area contributed by atoms with Crippen LogP contribution >= 0.6 is 23.2 Å². The number of amides is 1. The number of rotatable bonds is 5. The molecule has 2 N–H and O–H groups in total. The van der Waals surface area contributed by atoms with Crippen LogP contribution in [-0.4, -0.2) is 25.5 Å². The number of anilines is 3. The summed E-state index contributed by atoms with van der Waals surface area (Å²) in [4.78, 5) is 14.5. The molecule has 0 aliphatic carbocycles. The van der Waals surface area contributed by atoms with Crippen molar-refractivity contribution in [3.8, 4) is 0 Å². The van der Waals surface area contributed by atoms with Gasteiger partial charge >= 0.3 is 0 Å². The number of piperidine rings is 1. The largest absolute Gasteiger partial charge is 0.375 e. The summed E-state index contributed by atoms with van der Waals surface area (Å²) in [6.07, 6.45) is 3.81. The molecule has 1 aliphatic rings. The second-order valence-corrected chi connectivity index (χ2v) is 6.96. The summed E-state index contributed by atoms with van der Waals surface area (Å²) in [5, 5.41) is 6.95. The van der Waals surface area contributed by atoms with Crippen LogP contribution < -0.4 is 15.5 Å². The molecule has 1 heterocycles. The second-order valence-electron chi connectivity index (χ2n) is 6.12. The van der Waals surface area contributed by atoms with E-state index in [2.05, 4.69) is 27.7 Å². The number of carbonyl (C=O) groups excluding carboxylic acids is 1. The molecule has 0 aromatic heterocycles. The van der Waals surface area contributed by atoms with Gasteiger partial charge in [-0.2, -0.15) is 0 Å². The number of carbonyl (C=O) groups is 1. The number of hydrogen-bond donors (Lipinski definition) is 2. The highest BCUT2D eigenvalue weighted by atomic mass is 35.5. The second kappa shape index (κ2) is 8.45. The first-order valence-corrected chi connectivity index (χ1v) is 9.21. The normalized spacial score (nSPS) is 14.2. The summed E-state index contributed by atoms with van der Waals surface area (Å²) in [6, 6.07) is 13.1. The molecule has 0 bridgehead atoms. The van der Waals surface area contributed by atoms with Gasteiger partial charge in [0.2, 0.25) is 5.91 Å². The molecule has 132 valence electrons. The van der Waals surface area contributed by atoms with Crippen LogP contribution in [0.25, 0.3) is 0 Å². The molecule has 4 nitrogen and oxygen atoms in total. The number of nitrogens with zero attached hydrogens (tertiary/aromatic N) is 1. The lowest BCUT2D eigenvalue weighted by atomic mass is 10.1. The Labute approximate surface area is 158 Å². The summed E-state index contributed by atoms with van der Waals surface area (Å²) in [7, 11) is 0. The Balaban J connectivity index is 1.52. The Hall–Kier alpha value is -1.91. The predicted molar refractivity (Wildman–Crippen MR) is 106 cm³/mol. The van der Waals surface area contributed by atoms with Crippen LogP contribution in [0.4, 0.5) is 17.1 Å². The van der Waals surface area contributed by atoms with E-state index < -0.39 is 0 Å². The summed E-state index contributed by atoms with van der Waals surface area (Å²) in [5.41, 5.74) is 2.68. The Kier molecular flexibility index (Phi) is 6.05. The molecule has 0 radical (unpaired) electrons. The first-order valence-electron chi connectivity index (χ1n) is 8.45. The minimum atomic E-state index is -0.128. The molecular formula is C19H21Cl2N3O. The molecule has 1 amide bonds. The Morgan fingerprint density at radius 3 is 2.40 bits per heavy atom. The van der Waals surface area contributed by atoms with E-state index in [0.717, 1.165) is 18.8 Å². The third-order valence-electron chi connectivity index (χ3n) is 4.24. The lowest BCUT2D eigenvalue weighted by molar-refractivity contribution is -0.114. The van der Waals surface area contributed by atoms with Crippen molar-refractivity contribution in [2.75, 3.05) is 35.2 Å². The van der Waals surface area contributed by atoms with Gasteiger partial charge < -0.3 is 15.5 Å². The van der Waals surface area contributed by atoms with E-state index in [1.807, 2.05) is 12.1 Å². The van der Waals surface area contributed by atoms with Gasteiger partial charge in [-0.05, 0) is 61.7 Å². The van der Waals surface area contributed by atoms with Crippen LogP contribution in [0.5, 0.6) is 0 Å². The number of halogens is 2. The maximum atomic E-state index is 12.1. The first kappa shape index (κ1) is 17.9. The third kappa shape index (κ3) is 5.03. The molecule has 1 aliphatic heterocycles. The van der Waals surface area contributed by atoms with Crippen LogP contribution in [0.1, 0.15) is 19.3 Å². The topological polar surface area (TPSA) is 44.4 Å². The molecule has 6 heteroatoms. The fraction of sp³-hybridized carbons (Fsp3) is 0.316. The average Bonchev–Trinajstić information content (AvgIpc) is 2.62. The van der Waals surface area contributed by atoms with Gasteiger partial charge in [-0.3, -0.25) is 4.79 Å². The summed E-state index contributed by atoms with van der Waals surface area (Å²) < 4.78 is 0. The molecule has 0 spiro atoms. The Morgan fingerprint density at radius 1 is 1.00 bits per heavy atom. The van der Waals surface area contributed by atoms with E-state index in [9.17, 15) is 4.79 Å². The molecule has 25 heavy (non-hydrogen) atoms. The molecular weight excluding hydrogens is 357 g/mol. The standard InChI is InChI=1S/C19H21Cl2N3O/c20-14-4-9-18(17(21)12-14)22-13-19(25)23-15-5-7-16(8-6-15)24-10-2-1-3-11-24/h4-9,12,22H,1-3,10-11,13H2,(H,23,25). The molecule has 1 saturated heterocycles. The van der Waals surface area contributed by atoms with Crippen molar-refractivity contribution in [2.24, 2.45) is 0 Å². The monoisotopic (exact) mass is 377 g/mol. The molecule has 1 fully saturated rings. The van der Waals surface area contributed by atoms with Gasteiger partial charge in [0.15, 0.2) is 0 Å². The number of benzene rings is 2. The molecule has 2 aromatic carbocycles. The molecule has 0 atom stereocenters. The zero-order valence-electron chi connectivity index (χ0n) is 13.9. The van der Waals surface area contributed by atoms with E-state index >= 15 is 0 Å². The summed E-state index contributed by atoms with van der Waals surface area (Å²) >= 11 is 11.9. The summed E-state index contributed by atoms with van der Waals surface area (Å²) in [5.74, 6) is -0.128. The molecule has 2 aromatic rings. The van der Waals surface area contributed by atoms with Gasteiger partial charge in [0, 0.05) is 29.5 Å². The van der Waals surface area contributed by atoms with Crippen molar-refractivity contribution >= 4 is 46.2 Å². The smallest absolute Gasteiger partial charge is 0.243 e. The van der Waals surface area contributed by atoms with E-state index in [0.29, 0.717) is 15.7 Å². The Bertz CT molecular complexity index is 728. The SMILES string of the molecule is O=C(CNc1ccc(Cl)cc1Cl)Nc1ccc(N2CCCCC2)cc1. The summed E-state index contributed by atoms with van der Waals surface area (Å²) in [6.45, 7) is 2.35. The molecule has 3 rings (SSSR count). The van der Waals surface area contributed by atoms with Crippen LogP contribution in [0, 0.1) is 0 Å². The lowest BCUT2D eigenvalue weighted by Crippen LogP contribution is -2.29. The highest BCUT2D eigenvalue weighted by Crippen LogP contribution is 2.25. The number of hydrogen-bond acceptors (Lipinski definition) is 3. The zero-order chi connectivity index (χ0) is 17.6. The van der Waals surface area contributed by atoms with Gasteiger partial charge in [-0.25, -0.2) is 0 Å². The fourth-order valence-corrected chi connectivity index (χ4v) is 3.40. The van der Waals surface area contributed by atoms with E-state index in [1.165, 1.54) is 24.9 Å². The molecule has 0 saturated carbocycles. The highest BCUT2D eigenvalue weighted by molar-refractivity contribution is 6.36. The maximum Gasteiger partial charge on any atom is 0.243 e. The van der Waals surface area contributed by atoms with E-state index in [4.69, 9.17) is 23.2 Å². The van der Waals surface area contributed by atoms with Crippen LogP contribution in [0.3, 0.4) is 0 Å². The van der Waals surface area contributed by atoms with Crippen molar-refractivity contribution < 1.29 is 4.79 Å². The van der Waals surface area contributed by atoms with Gasteiger partial charge in [0.1, 0.15) is 0 Å². The van der Waals surface area contributed by atoms with Gasteiger partial charge in [-0.1, -0.05) is 23.2 Å². The van der Waals surface area contributed by atoms with E-state index in [1.54, 1.807) is 18.2 Å². The van der Waals surface area contributed by atoms with Crippen molar-refractivity contribution in [1.29, 1.82) is 0 Å². The first-order chi connectivity index (χ1) is 12.1. The minimum Gasteiger partial charge on any atom is -0.375 e. The third-order valence-corrected chi connectivity index (χ3v) is 4.79. The quantitative estimate of drug-likeness (QED) is 0.767. The van der Waals surface area contributed by atoms with Crippen molar-refractivity contribution in [3.63, 3.8) is 0 Å². The van der Waals surface area contributed by atoms with Gasteiger partial charge in [0.25, 0.3) is 0 Å². The van der Waals surface area contributed by atoms with Crippen LogP contribution in [0.2, 0.25) is 10.0 Å². The van der Waals surface area contributed by atoms with Gasteiger partial charge in [-0.15, -0.1) is 0 Å². The van der Waals surface area contributed by atoms with Crippen LogP contribution in [-0.2, 0) is 4.79 Å². The van der Waals surface area contributed by atoms with Gasteiger partial charge in [0.05, 0.1) is 17.3 Å². The van der Waals surface area contributed by atoms with Crippen LogP contribution in [0.15, 0.2) is 42.5 Å². The van der Waals surface area contributed by atoms with E-state index in [-0.39, 0.29) is 12.5 Å². The fourth-order valence-electron chi connectivity index (χ4n) is 2.92. The Morgan fingerprint density at radius 2 is 1.72 bits per heavy atom. The highest BCUT2D eigenvalue weighted by Gasteiger charge is 2.11. The van der Waals surface area contributed by atoms with Crippen molar-refractivity contribution in [3.05, 3.63) is 52.5 Å². The zero-order valence-corrected chi connectivity index (χ0v) is 15.4. The number of nitrogens with one attached hydrogen (secondary N) is 2. The van der Waals surface area contributed by atoms with Crippen molar-refractivity contribution in [1.82, 2.24) is 0 Å².